The molecule has 2 aromatic heterocycles. The number of aromatic nitrogens is 1. The van der Waals surface area contributed by atoms with Gasteiger partial charge in [-0.3, -0.25) is 0 Å². The summed E-state index contributed by atoms with van der Waals surface area (Å²) in [6.45, 7) is 1.46. The van der Waals surface area contributed by atoms with E-state index in [1.165, 1.54) is 0 Å². The maximum absolute atomic E-state index is 5.97. The largest absolute Gasteiger partial charge is 0.492 e. The van der Waals surface area contributed by atoms with Crippen LogP contribution < -0.4 is 4.74 Å². The van der Waals surface area contributed by atoms with Crippen molar-refractivity contribution in [3.05, 3.63) is 77.7 Å². The first-order valence-corrected chi connectivity index (χ1v) is 10.4. The van der Waals surface area contributed by atoms with Crippen LogP contribution in [0, 0.1) is 12.3 Å². The van der Waals surface area contributed by atoms with Crippen molar-refractivity contribution >= 4 is 16.6 Å². The summed E-state index contributed by atoms with van der Waals surface area (Å²) in [5.41, 5.74) is 6.59. The van der Waals surface area contributed by atoms with Crippen molar-refractivity contribution in [1.82, 2.24) is 9.88 Å². The van der Waals surface area contributed by atoms with Gasteiger partial charge in [-0.15, -0.1) is 6.42 Å². The molecule has 0 radical (unpaired) electrons. The van der Waals surface area contributed by atoms with Gasteiger partial charge < -0.3 is 23.9 Å². The zero-order valence-corrected chi connectivity index (χ0v) is 18.0. The molecular formula is C26H23N3O3. The molecule has 0 spiro atoms. The number of ether oxygens (including phenoxy) is 1. The van der Waals surface area contributed by atoms with Gasteiger partial charge in [-0.2, -0.15) is 0 Å². The van der Waals surface area contributed by atoms with E-state index in [-0.39, 0.29) is 0 Å². The summed E-state index contributed by atoms with van der Waals surface area (Å²) in [5.74, 6) is 3.44. The van der Waals surface area contributed by atoms with Crippen molar-refractivity contribution in [2.24, 2.45) is 5.16 Å². The highest BCUT2D eigenvalue weighted by atomic mass is 16.6. The monoisotopic (exact) mass is 425 g/mol. The molecule has 32 heavy (non-hydrogen) atoms. The molecule has 160 valence electrons. The van der Waals surface area contributed by atoms with Gasteiger partial charge in [0.25, 0.3) is 0 Å². The van der Waals surface area contributed by atoms with Gasteiger partial charge in [0.2, 0.25) is 6.10 Å². The number of terminal acetylenes is 1. The van der Waals surface area contributed by atoms with Gasteiger partial charge in [-0.1, -0.05) is 35.3 Å². The molecule has 1 aliphatic rings. The maximum Gasteiger partial charge on any atom is 0.215 e. The summed E-state index contributed by atoms with van der Waals surface area (Å²) in [6.07, 6.45) is 8.19. The molecule has 0 saturated carbocycles. The SMILES string of the molecule is C#CC(ON=C1c2ccccc2-c2[nH]c3ccc(OCCN(C)C)cc3c21)c1ccoc1. The van der Waals surface area contributed by atoms with Gasteiger partial charge in [0, 0.05) is 39.7 Å². The van der Waals surface area contributed by atoms with E-state index in [2.05, 4.69) is 33.1 Å². The molecule has 2 heterocycles. The molecule has 1 N–H and O–H groups in total. The van der Waals surface area contributed by atoms with Crippen molar-refractivity contribution < 1.29 is 14.0 Å². The van der Waals surface area contributed by atoms with Crippen molar-refractivity contribution in [2.45, 2.75) is 6.10 Å². The highest BCUT2D eigenvalue weighted by Crippen LogP contribution is 2.42. The van der Waals surface area contributed by atoms with Gasteiger partial charge in [-0.25, -0.2) is 0 Å². The lowest BCUT2D eigenvalue weighted by Gasteiger charge is -2.11. The number of hydrogen-bond donors (Lipinski definition) is 1. The minimum absolute atomic E-state index is 0.615. The Balaban J connectivity index is 1.56. The molecular weight excluding hydrogens is 402 g/mol. The van der Waals surface area contributed by atoms with Gasteiger partial charge in [-0.05, 0) is 38.4 Å². The van der Waals surface area contributed by atoms with Gasteiger partial charge in [0.15, 0.2) is 0 Å². The van der Waals surface area contributed by atoms with E-state index < -0.39 is 6.10 Å². The summed E-state index contributed by atoms with van der Waals surface area (Å²) < 4.78 is 11.1. The second kappa shape index (κ2) is 8.29. The highest BCUT2D eigenvalue weighted by Gasteiger charge is 2.30. The van der Waals surface area contributed by atoms with E-state index in [0.717, 1.165) is 56.9 Å². The van der Waals surface area contributed by atoms with Crippen LogP contribution in [0.3, 0.4) is 0 Å². The van der Waals surface area contributed by atoms with Crippen LogP contribution in [0.5, 0.6) is 5.75 Å². The van der Waals surface area contributed by atoms with E-state index in [1.54, 1.807) is 18.6 Å². The number of hydrogen-bond acceptors (Lipinski definition) is 5. The number of nitrogens with one attached hydrogen (secondary N) is 1. The Morgan fingerprint density at radius 1 is 1.16 bits per heavy atom. The molecule has 0 amide bonds. The molecule has 2 aromatic carbocycles. The third kappa shape index (κ3) is 3.53. The first-order valence-electron chi connectivity index (χ1n) is 10.4. The zero-order valence-electron chi connectivity index (χ0n) is 18.0. The number of H-pyrrole nitrogens is 1. The van der Waals surface area contributed by atoms with Gasteiger partial charge in [0.05, 0.1) is 18.2 Å². The number of nitrogens with zero attached hydrogens (tertiary/aromatic N) is 2. The third-order valence-corrected chi connectivity index (χ3v) is 5.51. The Hall–Kier alpha value is -3.95. The first kappa shape index (κ1) is 20.0. The number of fused-ring (bicyclic) bond motifs is 5. The van der Waals surface area contributed by atoms with E-state index >= 15 is 0 Å². The number of likely N-dealkylation sites (N-methyl/N-ethyl adjacent to an activating group) is 1. The van der Waals surface area contributed by atoms with E-state index in [0.29, 0.717) is 6.61 Å². The lowest BCUT2D eigenvalue weighted by Crippen LogP contribution is -2.19. The van der Waals surface area contributed by atoms with Gasteiger partial charge >= 0.3 is 0 Å². The molecule has 0 aliphatic heterocycles. The van der Waals surface area contributed by atoms with Crippen molar-refractivity contribution in [1.29, 1.82) is 0 Å². The number of furan rings is 1. The van der Waals surface area contributed by atoms with Gasteiger partial charge in [0.1, 0.15) is 18.1 Å². The molecule has 0 bridgehead atoms. The Labute approximate surface area is 186 Å². The summed E-state index contributed by atoms with van der Waals surface area (Å²) in [4.78, 5) is 11.4. The predicted octanol–water partition coefficient (Wildman–Crippen LogP) is 4.83. The average Bonchev–Trinajstić information content (AvgIpc) is 3.51. The van der Waals surface area contributed by atoms with Crippen LogP contribution in [-0.4, -0.2) is 42.8 Å². The van der Waals surface area contributed by atoms with Crippen LogP contribution in [0.2, 0.25) is 0 Å². The molecule has 6 nitrogen and oxygen atoms in total. The van der Waals surface area contributed by atoms with Crippen molar-refractivity contribution in [2.75, 3.05) is 27.2 Å². The predicted molar refractivity (Wildman–Crippen MR) is 125 cm³/mol. The number of aromatic amines is 1. The summed E-state index contributed by atoms with van der Waals surface area (Å²) in [5, 5.41) is 5.56. The number of rotatable bonds is 7. The van der Waals surface area contributed by atoms with Crippen LogP contribution >= 0.6 is 0 Å². The molecule has 0 fully saturated rings. The summed E-state index contributed by atoms with van der Waals surface area (Å²) in [6, 6.07) is 16.0. The molecule has 1 aliphatic carbocycles. The maximum atomic E-state index is 5.97. The lowest BCUT2D eigenvalue weighted by atomic mass is 10.1. The van der Waals surface area contributed by atoms with Crippen molar-refractivity contribution in [3.8, 4) is 29.4 Å². The second-order valence-electron chi connectivity index (χ2n) is 7.93. The Kier molecular flexibility index (Phi) is 5.18. The van der Waals surface area contributed by atoms with Crippen LogP contribution in [-0.2, 0) is 4.84 Å². The fraction of sp³-hybridized carbons (Fsp3) is 0.192. The second-order valence-corrected chi connectivity index (χ2v) is 7.93. The molecule has 0 saturated heterocycles. The normalized spacial score (nSPS) is 14.4. The van der Waals surface area contributed by atoms with E-state index in [1.807, 2.05) is 44.4 Å². The third-order valence-electron chi connectivity index (χ3n) is 5.51. The smallest absolute Gasteiger partial charge is 0.215 e. The molecule has 5 rings (SSSR count). The van der Waals surface area contributed by atoms with E-state index in [4.69, 9.17) is 20.4 Å². The molecule has 1 unspecified atom stereocenters. The molecule has 6 heteroatoms. The fourth-order valence-electron chi connectivity index (χ4n) is 3.91. The standard InChI is InChI=1S/C26H23N3O3/c1-4-23(17-11-13-30-16-17)32-28-26-20-8-6-5-7-19(20)25-24(26)21-15-18(9-10-22(21)27-25)31-14-12-29(2)3/h1,5-11,13,15-16,23,27H,12,14H2,2-3H3. The topological polar surface area (TPSA) is 63.0 Å². The Morgan fingerprint density at radius 2 is 2.00 bits per heavy atom. The van der Waals surface area contributed by atoms with Crippen molar-refractivity contribution in [3.63, 3.8) is 0 Å². The highest BCUT2D eigenvalue weighted by molar-refractivity contribution is 6.29. The van der Waals surface area contributed by atoms with Crippen LogP contribution in [0.15, 0.2) is 70.6 Å². The number of benzene rings is 2. The summed E-state index contributed by atoms with van der Waals surface area (Å²) in [7, 11) is 4.05. The Morgan fingerprint density at radius 3 is 2.75 bits per heavy atom. The van der Waals surface area contributed by atoms with Crippen LogP contribution in [0.25, 0.3) is 22.2 Å². The Bertz CT molecular complexity index is 1330. The minimum Gasteiger partial charge on any atom is -0.492 e. The lowest BCUT2D eigenvalue weighted by molar-refractivity contribution is 0.0996. The van der Waals surface area contributed by atoms with Crippen LogP contribution in [0.4, 0.5) is 0 Å². The fourth-order valence-corrected chi connectivity index (χ4v) is 3.91. The average molecular weight is 425 g/mol. The first-order chi connectivity index (χ1) is 15.7. The molecule has 1 atom stereocenters. The molecule has 4 aromatic rings. The summed E-state index contributed by atoms with van der Waals surface area (Å²) >= 11 is 0. The zero-order chi connectivity index (χ0) is 22.1. The number of oxime groups is 1. The quantitative estimate of drug-likeness (QED) is 0.300. The van der Waals surface area contributed by atoms with E-state index in [9.17, 15) is 0 Å². The minimum atomic E-state index is -0.632. The van der Waals surface area contributed by atoms with Crippen LogP contribution in [0.1, 0.15) is 22.8 Å².